The SMILES string of the molecule is COC1=CC=C(n2c(/C=C/c3ccc(OC)cc3)nc3ccccc3c2=O)C(OC)C1OC. The molecule has 7 heteroatoms. The van der Waals surface area contributed by atoms with Crippen molar-refractivity contribution in [1.82, 2.24) is 9.55 Å². The Morgan fingerprint density at radius 1 is 0.848 bits per heavy atom. The average Bonchev–Trinajstić information content (AvgIpc) is 2.87. The first-order chi connectivity index (χ1) is 16.1. The van der Waals surface area contributed by atoms with Gasteiger partial charge in [0.25, 0.3) is 5.56 Å². The molecule has 0 aliphatic heterocycles. The number of hydrogen-bond acceptors (Lipinski definition) is 6. The van der Waals surface area contributed by atoms with Crippen LogP contribution in [-0.2, 0) is 14.2 Å². The minimum Gasteiger partial charge on any atom is -0.498 e. The Kier molecular flexibility index (Phi) is 6.72. The van der Waals surface area contributed by atoms with Gasteiger partial charge in [-0.25, -0.2) is 4.98 Å². The molecule has 1 aromatic heterocycles. The fourth-order valence-corrected chi connectivity index (χ4v) is 3.93. The van der Waals surface area contributed by atoms with E-state index in [1.54, 1.807) is 45.1 Å². The highest BCUT2D eigenvalue weighted by atomic mass is 16.6. The molecule has 1 heterocycles. The highest BCUT2D eigenvalue weighted by Gasteiger charge is 2.34. The van der Waals surface area contributed by atoms with Crippen molar-refractivity contribution in [2.45, 2.75) is 12.2 Å². The summed E-state index contributed by atoms with van der Waals surface area (Å²) in [5.74, 6) is 1.87. The molecule has 1 aliphatic rings. The number of ether oxygens (including phenoxy) is 4. The zero-order valence-corrected chi connectivity index (χ0v) is 19.0. The molecule has 7 nitrogen and oxygen atoms in total. The molecule has 2 aromatic carbocycles. The van der Waals surface area contributed by atoms with Crippen LogP contribution in [0.4, 0.5) is 0 Å². The van der Waals surface area contributed by atoms with Crippen molar-refractivity contribution in [3.63, 3.8) is 0 Å². The highest BCUT2D eigenvalue weighted by Crippen LogP contribution is 2.29. The molecule has 2 atom stereocenters. The van der Waals surface area contributed by atoms with Gasteiger partial charge in [0, 0.05) is 14.2 Å². The van der Waals surface area contributed by atoms with E-state index in [0.717, 1.165) is 11.3 Å². The van der Waals surface area contributed by atoms with Gasteiger partial charge in [0.2, 0.25) is 0 Å². The molecule has 0 spiro atoms. The van der Waals surface area contributed by atoms with E-state index in [4.69, 9.17) is 23.9 Å². The molecule has 4 rings (SSSR count). The molecular weight excluding hydrogens is 420 g/mol. The van der Waals surface area contributed by atoms with Crippen molar-refractivity contribution in [3.8, 4) is 5.75 Å². The molecule has 2 unspecified atom stereocenters. The van der Waals surface area contributed by atoms with Crippen LogP contribution in [-0.4, -0.2) is 50.2 Å². The first kappa shape index (κ1) is 22.5. The maximum atomic E-state index is 13.6. The van der Waals surface area contributed by atoms with Crippen molar-refractivity contribution in [3.05, 3.63) is 88.2 Å². The summed E-state index contributed by atoms with van der Waals surface area (Å²) in [4.78, 5) is 18.4. The number of aromatic nitrogens is 2. The molecular formula is C26H26N2O5. The minimum atomic E-state index is -0.566. The van der Waals surface area contributed by atoms with Crippen molar-refractivity contribution < 1.29 is 18.9 Å². The summed E-state index contributed by atoms with van der Waals surface area (Å²) in [6.07, 6.45) is 6.26. The number of benzene rings is 2. The van der Waals surface area contributed by atoms with E-state index in [1.165, 1.54) is 0 Å². The van der Waals surface area contributed by atoms with Crippen LogP contribution in [0.3, 0.4) is 0 Å². The minimum absolute atomic E-state index is 0.188. The molecule has 0 fully saturated rings. The topological polar surface area (TPSA) is 71.8 Å². The third-order valence-corrected chi connectivity index (χ3v) is 5.61. The van der Waals surface area contributed by atoms with E-state index in [0.29, 0.717) is 28.2 Å². The lowest BCUT2D eigenvalue weighted by atomic mass is 10.0. The number of nitrogens with zero attached hydrogens (tertiary/aromatic N) is 2. The Morgan fingerprint density at radius 3 is 2.24 bits per heavy atom. The molecule has 0 amide bonds. The number of methoxy groups -OCH3 is 4. The molecule has 0 radical (unpaired) electrons. The van der Waals surface area contributed by atoms with Crippen LogP contribution < -0.4 is 10.3 Å². The van der Waals surface area contributed by atoms with Crippen LogP contribution >= 0.6 is 0 Å². The molecule has 170 valence electrons. The van der Waals surface area contributed by atoms with E-state index in [2.05, 4.69) is 0 Å². The Balaban J connectivity index is 1.90. The molecule has 3 aromatic rings. The number of hydrogen-bond donors (Lipinski definition) is 0. The van der Waals surface area contributed by atoms with E-state index in [9.17, 15) is 4.79 Å². The summed E-state index contributed by atoms with van der Waals surface area (Å²) >= 11 is 0. The third kappa shape index (κ3) is 4.33. The second kappa shape index (κ2) is 9.85. The Bertz CT molecular complexity index is 1290. The molecule has 0 saturated heterocycles. The van der Waals surface area contributed by atoms with Crippen molar-refractivity contribution in [1.29, 1.82) is 0 Å². The Labute approximate surface area is 192 Å². The third-order valence-electron chi connectivity index (χ3n) is 5.61. The maximum absolute atomic E-state index is 13.6. The van der Waals surface area contributed by atoms with Crippen molar-refractivity contribution in [2.24, 2.45) is 0 Å². The van der Waals surface area contributed by atoms with Crippen molar-refractivity contribution >= 4 is 28.8 Å². The molecule has 0 N–H and O–H groups in total. The first-order valence-electron chi connectivity index (χ1n) is 10.5. The van der Waals surface area contributed by atoms with Gasteiger partial charge in [-0.05, 0) is 48.1 Å². The second-order valence-electron chi connectivity index (χ2n) is 7.41. The predicted octanol–water partition coefficient (Wildman–Crippen LogP) is 3.99. The van der Waals surface area contributed by atoms with Gasteiger partial charge >= 0.3 is 0 Å². The van der Waals surface area contributed by atoms with E-state index in [1.807, 2.05) is 60.7 Å². The van der Waals surface area contributed by atoms with Gasteiger partial charge < -0.3 is 18.9 Å². The lowest BCUT2D eigenvalue weighted by molar-refractivity contribution is -0.0159. The molecule has 1 aliphatic carbocycles. The van der Waals surface area contributed by atoms with Gasteiger partial charge in [-0.1, -0.05) is 30.3 Å². The van der Waals surface area contributed by atoms with Crippen LogP contribution in [0.2, 0.25) is 0 Å². The summed E-state index contributed by atoms with van der Waals surface area (Å²) in [5.41, 5.74) is 1.99. The van der Waals surface area contributed by atoms with E-state index >= 15 is 0 Å². The van der Waals surface area contributed by atoms with E-state index < -0.39 is 12.2 Å². The number of allylic oxidation sites excluding steroid dienone is 2. The molecule has 33 heavy (non-hydrogen) atoms. The Hall–Kier alpha value is -3.68. The van der Waals surface area contributed by atoms with Crippen LogP contribution in [0.5, 0.6) is 5.75 Å². The largest absolute Gasteiger partial charge is 0.498 e. The fourth-order valence-electron chi connectivity index (χ4n) is 3.93. The van der Waals surface area contributed by atoms with Crippen LogP contribution in [0.1, 0.15) is 11.4 Å². The average molecular weight is 447 g/mol. The summed E-state index contributed by atoms with van der Waals surface area (Å²) in [5, 5.41) is 0.519. The maximum Gasteiger partial charge on any atom is 0.266 e. The van der Waals surface area contributed by atoms with Gasteiger partial charge in [0.1, 0.15) is 29.5 Å². The summed E-state index contributed by atoms with van der Waals surface area (Å²) in [6.45, 7) is 0. The number of para-hydroxylation sites is 1. The van der Waals surface area contributed by atoms with Gasteiger partial charge in [0.05, 0.1) is 30.8 Å². The highest BCUT2D eigenvalue weighted by molar-refractivity contribution is 5.81. The molecule has 0 bridgehead atoms. The van der Waals surface area contributed by atoms with E-state index in [-0.39, 0.29) is 5.56 Å². The Morgan fingerprint density at radius 2 is 1.58 bits per heavy atom. The summed E-state index contributed by atoms with van der Waals surface area (Å²) in [6, 6.07) is 14.9. The van der Waals surface area contributed by atoms with Gasteiger partial charge in [-0.15, -0.1) is 0 Å². The van der Waals surface area contributed by atoms with Gasteiger partial charge in [-0.3, -0.25) is 9.36 Å². The van der Waals surface area contributed by atoms with Gasteiger partial charge in [0.15, 0.2) is 0 Å². The fraction of sp³-hybridized carbons (Fsp3) is 0.231. The van der Waals surface area contributed by atoms with Crippen LogP contribution in [0.15, 0.2) is 71.2 Å². The van der Waals surface area contributed by atoms with Crippen molar-refractivity contribution in [2.75, 3.05) is 28.4 Å². The van der Waals surface area contributed by atoms with Gasteiger partial charge in [-0.2, -0.15) is 0 Å². The summed E-state index contributed by atoms with van der Waals surface area (Å²) in [7, 11) is 6.37. The first-order valence-corrected chi connectivity index (χ1v) is 10.5. The number of rotatable bonds is 7. The quantitative estimate of drug-likeness (QED) is 0.547. The smallest absolute Gasteiger partial charge is 0.266 e. The predicted molar refractivity (Wildman–Crippen MR) is 129 cm³/mol. The van der Waals surface area contributed by atoms with Crippen LogP contribution in [0, 0.1) is 0 Å². The zero-order valence-electron chi connectivity index (χ0n) is 19.0. The second-order valence-corrected chi connectivity index (χ2v) is 7.41. The lowest BCUT2D eigenvalue weighted by Gasteiger charge is -2.31. The lowest BCUT2D eigenvalue weighted by Crippen LogP contribution is -2.40. The monoisotopic (exact) mass is 446 g/mol. The standard InChI is InChI=1S/C26H26N2O5/c1-30-18-12-9-17(10-13-18)11-16-23-27-20-8-6-5-7-19(20)26(29)28(23)21-14-15-22(31-2)25(33-4)24(21)32-3/h5-16,24-25H,1-4H3/b16-11+. The number of fused-ring (bicyclic) bond motifs is 1. The normalized spacial score (nSPS) is 18.3. The zero-order chi connectivity index (χ0) is 23.4. The summed E-state index contributed by atoms with van der Waals surface area (Å²) < 4.78 is 23.7. The molecule has 0 saturated carbocycles. The van der Waals surface area contributed by atoms with Crippen LogP contribution in [0.25, 0.3) is 28.8 Å².